The lowest BCUT2D eigenvalue weighted by Crippen LogP contribution is -2.10. The summed E-state index contributed by atoms with van der Waals surface area (Å²) < 4.78 is 22.1. The van der Waals surface area contributed by atoms with E-state index in [0.29, 0.717) is 23.0 Å². The molecule has 0 radical (unpaired) electrons. The normalized spacial score (nSPS) is 16.3. The molecule has 0 unspecified atom stereocenters. The molecule has 2 aromatic rings. The fraction of sp³-hybridized carbons (Fsp3) is 0.167. The predicted octanol–water partition coefficient (Wildman–Crippen LogP) is 4.70. The summed E-state index contributed by atoms with van der Waals surface area (Å²) in [6, 6.07) is 10.9. The first-order valence-electron chi connectivity index (χ1n) is 9.91. The second kappa shape index (κ2) is 9.18. The van der Waals surface area contributed by atoms with Gasteiger partial charge in [0.15, 0.2) is 34.6 Å². The molecule has 2 aromatic carbocycles. The molecule has 3 heterocycles. The van der Waals surface area contributed by atoms with E-state index in [0.717, 1.165) is 26.9 Å². The SMILES string of the molecule is O=C(C=Cc1ccc2c(c1)OCO2)C(C(=O)C=Cc1ccc2c(c1)OCO2)=C1SCCS1. The number of carbonyl (C=O) groups excluding carboxylic acids is 2. The Bertz CT molecular complexity index is 1090. The summed E-state index contributed by atoms with van der Waals surface area (Å²) in [4.78, 5) is 26.0. The van der Waals surface area contributed by atoms with Gasteiger partial charge in [-0.1, -0.05) is 24.3 Å². The van der Waals surface area contributed by atoms with Crippen LogP contribution in [0, 0.1) is 0 Å². The summed E-state index contributed by atoms with van der Waals surface area (Å²) in [7, 11) is 0. The zero-order valence-electron chi connectivity index (χ0n) is 16.9. The van der Waals surface area contributed by atoms with Gasteiger partial charge in [0.2, 0.25) is 13.6 Å². The van der Waals surface area contributed by atoms with Crippen LogP contribution in [0.25, 0.3) is 12.2 Å². The van der Waals surface area contributed by atoms with Gasteiger partial charge in [-0.05, 0) is 47.5 Å². The van der Waals surface area contributed by atoms with Crippen molar-refractivity contribution < 1.29 is 28.5 Å². The predicted molar refractivity (Wildman–Crippen MR) is 125 cm³/mol. The minimum atomic E-state index is -0.320. The van der Waals surface area contributed by atoms with E-state index in [1.54, 1.807) is 59.9 Å². The molecule has 162 valence electrons. The van der Waals surface area contributed by atoms with Crippen LogP contribution < -0.4 is 18.9 Å². The van der Waals surface area contributed by atoms with Crippen molar-refractivity contribution in [2.45, 2.75) is 0 Å². The average Bonchev–Trinajstić information content (AvgIpc) is 3.57. The minimum absolute atomic E-state index is 0.191. The summed E-state index contributed by atoms with van der Waals surface area (Å²) in [5, 5.41) is 0. The molecule has 32 heavy (non-hydrogen) atoms. The highest BCUT2D eigenvalue weighted by Crippen LogP contribution is 2.40. The van der Waals surface area contributed by atoms with Crippen LogP contribution in [0.3, 0.4) is 0 Å². The fourth-order valence-corrected chi connectivity index (χ4v) is 5.88. The molecule has 0 saturated carbocycles. The van der Waals surface area contributed by atoms with E-state index in [4.69, 9.17) is 18.9 Å². The lowest BCUT2D eigenvalue weighted by Gasteiger charge is -2.04. The maximum atomic E-state index is 13.0. The van der Waals surface area contributed by atoms with E-state index in [1.165, 1.54) is 12.2 Å². The van der Waals surface area contributed by atoms with Gasteiger partial charge in [-0.2, -0.15) is 0 Å². The molecular weight excluding hydrogens is 448 g/mol. The number of allylic oxidation sites excluding steroid dienone is 3. The third-order valence-electron chi connectivity index (χ3n) is 4.89. The molecule has 1 saturated heterocycles. The van der Waals surface area contributed by atoms with Crippen molar-refractivity contribution >= 4 is 47.2 Å². The van der Waals surface area contributed by atoms with Crippen LogP contribution in [0.15, 0.2) is 58.4 Å². The van der Waals surface area contributed by atoms with Crippen molar-refractivity contribution in [3.63, 3.8) is 0 Å². The van der Waals surface area contributed by atoms with Gasteiger partial charge < -0.3 is 18.9 Å². The van der Waals surface area contributed by atoms with Crippen LogP contribution in [0.5, 0.6) is 23.0 Å². The molecule has 5 rings (SSSR count). The van der Waals surface area contributed by atoms with Gasteiger partial charge in [0, 0.05) is 11.5 Å². The molecule has 0 atom stereocenters. The molecule has 3 aliphatic heterocycles. The zero-order chi connectivity index (χ0) is 21.9. The Balaban J connectivity index is 1.36. The maximum absolute atomic E-state index is 13.0. The average molecular weight is 467 g/mol. The Morgan fingerprint density at radius 1 is 0.688 bits per heavy atom. The Hall–Kier alpha value is -3.10. The van der Waals surface area contributed by atoms with Gasteiger partial charge in [0.05, 0.1) is 9.81 Å². The molecule has 8 heteroatoms. The minimum Gasteiger partial charge on any atom is -0.454 e. The van der Waals surface area contributed by atoms with Crippen LogP contribution in [-0.2, 0) is 9.59 Å². The first kappa shape index (κ1) is 20.8. The fourth-order valence-electron chi connectivity index (χ4n) is 3.32. The molecule has 0 spiro atoms. The van der Waals surface area contributed by atoms with Crippen molar-refractivity contribution in [3.8, 4) is 23.0 Å². The van der Waals surface area contributed by atoms with Crippen LogP contribution >= 0.6 is 23.5 Å². The Morgan fingerprint density at radius 3 is 1.66 bits per heavy atom. The molecule has 0 amide bonds. The molecule has 3 aliphatic rings. The van der Waals surface area contributed by atoms with E-state index < -0.39 is 0 Å². The lowest BCUT2D eigenvalue weighted by molar-refractivity contribution is -0.116. The number of benzene rings is 2. The largest absolute Gasteiger partial charge is 0.454 e. The summed E-state index contributed by atoms with van der Waals surface area (Å²) in [5.41, 5.74) is 1.79. The highest BCUT2D eigenvalue weighted by atomic mass is 32.2. The summed E-state index contributed by atoms with van der Waals surface area (Å²) in [6.07, 6.45) is 6.24. The Kier molecular flexibility index (Phi) is 5.96. The van der Waals surface area contributed by atoms with Gasteiger partial charge in [0.25, 0.3) is 0 Å². The quantitative estimate of drug-likeness (QED) is 0.345. The molecular formula is C24H18O6S2. The number of hydrogen-bond acceptors (Lipinski definition) is 8. The van der Waals surface area contributed by atoms with E-state index in [1.807, 2.05) is 12.1 Å². The monoisotopic (exact) mass is 466 g/mol. The van der Waals surface area contributed by atoms with E-state index in [-0.39, 0.29) is 30.7 Å². The van der Waals surface area contributed by atoms with Crippen LogP contribution in [0.2, 0.25) is 0 Å². The van der Waals surface area contributed by atoms with Crippen LogP contribution in [0.4, 0.5) is 0 Å². The van der Waals surface area contributed by atoms with Gasteiger partial charge in [-0.25, -0.2) is 0 Å². The number of thioether (sulfide) groups is 2. The highest BCUT2D eigenvalue weighted by molar-refractivity contribution is 8.25. The number of rotatable bonds is 6. The van der Waals surface area contributed by atoms with Crippen molar-refractivity contribution in [2.75, 3.05) is 25.1 Å². The van der Waals surface area contributed by atoms with E-state index >= 15 is 0 Å². The molecule has 0 N–H and O–H groups in total. The molecule has 0 aromatic heterocycles. The number of ether oxygens (including phenoxy) is 4. The first-order valence-corrected chi connectivity index (χ1v) is 11.9. The van der Waals surface area contributed by atoms with Crippen molar-refractivity contribution in [3.05, 3.63) is 69.5 Å². The molecule has 0 bridgehead atoms. The third-order valence-corrected chi connectivity index (χ3v) is 7.61. The lowest BCUT2D eigenvalue weighted by atomic mass is 10.1. The van der Waals surface area contributed by atoms with Gasteiger partial charge in [0.1, 0.15) is 0 Å². The van der Waals surface area contributed by atoms with Gasteiger partial charge in [-0.3, -0.25) is 9.59 Å². The number of ketones is 2. The summed E-state index contributed by atoms with van der Waals surface area (Å²) in [6.45, 7) is 0.382. The first-order chi connectivity index (χ1) is 15.7. The molecule has 6 nitrogen and oxygen atoms in total. The van der Waals surface area contributed by atoms with E-state index in [9.17, 15) is 9.59 Å². The third kappa shape index (κ3) is 4.42. The number of hydrogen-bond donors (Lipinski definition) is 0. The Morgan fingerprint density at radius 2 is 1.16 bits per heavy atom. The van der Waals surface area contributed by atoms with Crippen molar-refractivity contribution in [1.29, 1.82) is 0 Å². The smallest absolute Gasteiger partial charge is 0.231 e. The summed E-state index contributed by atoms with van der Waals surface area (Å²) in [5.74, 6) is 3.76. The zero-order valence-corrected chi connectivity index (χ0v) is 18.5. The topological polar surface area (TPSA) is 71.1 Å². The second-order valence-corrected chi connectivity index (χ2v) is 9.45. The Labute approximate surface area is 193 Å². The number of carbonyl (C=O) groups is 2. The van der Waals surface area contributed by atoms with E-state index in [2.05, 4.69) is 0 Å². The maximum Gasteiger partial charge on any atom is 0.231 e. The van der Waals surface area contributed by atoms with Crippen molar-refractivity contribution in [1.82, 2.24) is 0 Å². The second-order valence-electron chi connectivity index (χ2n) is 6.98. The molecule has 1 fully saturated rings. The van der Waals surface area contributed by atoms with Gasteiger partial charge in [-0.15, -0.1) is 23.5 Å². The highest BCUT2D eigenvalue weighted by Gasteiger charge is 2.23. The molecule has 0 aliphatic carbocycles. The van der Waals surface area contributed by atoms with Crippen LogP contribution in [-0.4, -0.2) is 36.7 Å². The summed E-state index contributed by atoms with van der Waals surface area (Å²) >= 11 is 3.09. The van der Waals surface area contributed by atoms with Crippen LogP contribution in [0.1, 0.15) is 11.1 Å². The standard InChI is InChI=1S/C24H18O6S2/c25-17(5-1-15-3-7-19-21(11-15)29-13-27-19)23(24-31-9-10-32-24)18(26)6-2-16-4-8-20-22(12-16)30-14-28-20/h1-8,11-12H,9-10,13-14H2. The van der Waals surface area contributed by atoms with Gasteiger partial charge >= 0.3 is 0 Å². The number of fused-ring (bicyclic) bond motifs is 2. The van der Waals surface area contributed by atoms with Crippen molar-refractivity contribution in [2.24, 2.45) is 0 Å².